The van der Waals surface area contributed by atoms with Crippen molar-refractivity contribution < 1.29 is 8.98 Å². The van der Waals surface area contributed by atoms with E-state index in [0.29, 0.717) is 5.35 Å². The Bertz CT molecular complexity index is 408. The summed E-state index contributed by atoms with van der Waals surface area (Å²) in [4.78, 5) is 0. The van der Waals surface area contributed by atoms with Crippen molar-refractivity contribution in [1.29, 1.82) is 0 Å². The number of para-hydroxylation sites is 2. The predicted molar refractivity (Wildman–Crippen MR) is 47.1 cm³/mol. The van der Waals surface area contributed by atoms with Gasteiger partial charge in [0, 0.05) is 17.7 Å². The molecule has 3 heteroatoms. The van der Waals surface area contributed by atoms with Crippen molar-refractivity contribution in [3.05, 3.63) is 29.6 Å². The van der Waals surface area contributed by atoms with Crippen LogP contribution in [0.1, 0.15) is 6.92 Å². The largest absolute Gasteiger partial charge is 0.450 e. The van der Waals surface area contributed by atoms with Crippen molar-refractivity contribution in [3.8, 4) is 0 Å². The lowest BCUT2D eigenvalue weighted by atomic mass is 10.3. The number of aromatic nitrogens is 1. The van der Waals surface area contributed by atoms with Gasteiger partial charge in [-0.25, -0.2) is 0 Å². The maximum absolute atomic E-state index is 5.86. The molecule has 0 amide bonds. The second kappa shape index (κ2) is 2.79. The summed E-state index contributed by atoms with van der Waals surface area (Å²) in [7, 11) is 0. The van der Waals surface area contributed by atoms with Crippen LogP contribution in [0, 0.1) is 0 Å². The van der Waals surface area contributed by atoms with E-state index in [2.05, 4.69) is 0 Å². The molecule has 0 atom stereocenters. The van der Waals surface area contributed by atoms with Gasteiger partial charge in [-0.2, -0.15) is 0 Å². The molecule has 0 spiro atoms. The molecule has 0 aliphatic rings. The van der Waals surface area contributed by atoms with Gasteiger partial charge >= 0.3 is 5.35 Å². The third-order valence-corrected chi connectivity index (χ3v) is 2.16. The number of aryl methyl sites for hydroxylation is 1. The zero-order chi connectivity index (χ0) is 8.55. The number of nitrogens with zero attached hydrogens (tertiary/aromatic N) is 1. The smallest absolute Gasteiger partial charge is 0.389 e. The molecule has 0 radical (unpaired) electrons. The molecule has 1 aromatic carbocycles. The molecule has 0 saturated carbocycles. The summed E-state index contributed by atoms with van der Waals surface area (Å²) in [6, 6.07) is 7.81. The fraction of sp³-hybridized carbons (Fsp3) is 0.222. The highest BCUT2D eigenvalue weighted by atomic mass is 35.5. The predicted octanol–water partition coefficient (Wildman–Crippen LogP) is 2.39. The molecular formula is C9H9ClNO+. The zero-order valence-electron chi connectivity index (χ0n) is 6.75. The molecule has 0 aliphatic heterocycles. The van der Waals surface area contributed by atoms with Gasteiger partial charge in [0.2, 0.25) is 5.58 Å². The average Bonchev–Trinajstić information content (AvgIpc) is 2.40. The third kappa shape index (κ3) is 0.994. The van der Waals surface area contributed by atoms with E-state index in [1.807, 2.05) is 35.8 Å². The van der Waals surface area contributed by atoms with Crippen LogP contribution >= 0.6 is 11.6 Å². The Morgan fingerprint density at radius 1 is 1.42 bits per heavy atom. The Morgan fingerprint density at radius 3 is 2.92 bits per heavy atom. The van der Waals surface area contributed by atoms with Gasteiger partial charge in [-0.05, 0) is 13.0 Å². The number of hydrogen-bond donors (Lipinski definition) is 0. The number of fused-ring (bicyclic) bond motifs is 1. The summed E-state index contributed by atoms with van der Waals surface area (Å²) < 4.78 is 7.25. The summed E-state index contributed by atoms with van der Waals surface area (Å²) in [5.74, 6) is 0. The Labute approximate surface area is 75.4 Å². The van der Waals surface area contributed by atoms with E-state index in [9.17, 15) is 0 Å². The molecule has 0 N–H and O–H groups in total. The molecule has 2 aromatic rings. The molecule has 2 rings (SSSR count). The van der Waals surface area contributed by atoms with Crippen LogP contribution in [0.2, 0.25) is 5.35 Å². The van der Waals surface area contributed by atoms with Crippen molar-refractivity contribution in [2.45, 2.75) is 13.5 Å². The Morgan fingerprint density at radius 2 is 2.17 bits per heavy atom. The molecule has 0 bridgehead atoms. The molecule has 0 fully saturated rings. The van der Waals surface area contributed by atoms with Crippen LogP contribution in [0.3, 0.4) is 0 Å². The van der Waals surface area contributed by atoms with Crippen LogP contribution in [-0.4, -0.2) is 0 Å². The molecule has 1 aromatic heterocycles. The molecule has 0 aliphatic carbocycles. The van der Waals surface area contributed by atoms with Crippen molar-refractivity contribution in [2.75, 3.05) is 0 Å². The van der Waals surface area contributed by atoms with Gasteiger partial charge in [-0.3, -0.25) is 0 Å². The lowest BCUT2D eigenvalue weighted by Crippen LogP contribution is -2.31. The minimum Gasteiger partial charge on any atom is -0.389 e. The minimum atomic E-state index is 0.443. The first-order valence-corrected chi connectivity index (χ1v) is 4.27. The summed E-state index contributed by atoms with van der Waals surface area (Å²) in [5.41, 5.74) is 1.88. The molecule has 0 saturated heterocycles. The zero-order valence-corrected chi connectivity index (χ0v) is 7.51. The van der Waals surface area contributed by atoms with Crippen LogP contribution < -0.4 is 4.57 Å². The number of rotatable bonds is 1. The highest BCUT2D eigenvalue weighted by molar-refractivity contribution is 6.27. The average molecular weight is 183 g/mol. The first kappa shape index (κ1) is 7.62. The molecule has 62 valence electrons. The number of halogens is 1. The first-order chi connectivity index (χ1) is 5.83. The fourth-order valence-electron chi connectivity index (χ4n) is 1.30. The maximum atomic E-state index is 5.86. The van der Waals surface area contributed by atoms with Crippen LogP contribution in [0.15, 0.2) is 28.7 Å². The van der Waals surface area contributed by atoms with Crippen LogP contribution in [0.5, 0.6) is 0 Å². The fourth-order valence-corrected chi connectivity index (χ4v) is 1.60. The van der Waals surface area contributed by atoms with E-state index >= 15 is 0 Å². The molecule has 0 unspecified atom stereocenters. The van der Waals surface area contributed by atoms with Gasteiger partial charge in [0.25, 0.3) is 5.52 Å². The van der Waals surface area contributed by atoms with E-state index < -0.39 is 0 Å². The monoisotopic (exact) mass is 182 g/mol. The molecular weight excluding hydrogens is 174 g/mol. The SMILES string of the molecule is CC[n+]1c(Cl)oc2ccccc21. The van der Waals surface area contributed by atoms with Crippen molar-refractivity contribution >= 4 is 22.7 Å². The van der Waals surface area contributed by atoms with E-state index in [1.54, 1.807) is 0 Å². The van der Waals surface area contributed by atoms with Gasteiger partial charge in [-0.1, -0.05) is 12.1 Å². The second-order valence-electron chi connectivity index (χ2n) is 2.57. The van der Waals surface area contributed by atoms with E-state index in [1.165, 1.54) is 0 Å². The highest BCUT2D eigenvalue weighted by Crippen LogP contribution is 2.15. The number of benzene rings is 1. The lowest BCUT2D eigenvalue weighted by Gasteiger charge is -1.84. The minimum absolute atomic E-state index is 0.443. The lowest BCUT2D eigenvalue weighted by molar-refractivity contribution is -0.670. The van der Waals surface area contributed by atoms with E-state index in [-0.39, 0.29) is 0 Å². The molecule has 12 heavy (non-hydrogen) atoms. The quantitative estimate of drug-likeness (QED) is 0.619. The Kier molecular flexibility index (Phi) is 1.77. The van der Waals surface area contributed by atoms with E-state index in [0.717, 1.165) is 17.6 Å². The Balaban J connectivity index is 2.81. The van der Waals surface area contributed by atoms with Gasteiger partial charge in [-0.15, -0.1) is 4.57 Å². The summed E-state index contributed by atoms with van der Waals surface area (Å²) >= 11 is 5.86. The first-order valence-electron chi connectivity index (χ1n) is 3.90. The van der Waals surface area contributed by atoms with Crippen molar-refractivity contribution in [2.24, 2.45) is 0 Å². The number of oxazole rings is 1. The summed E-state index contributed by atoms with van der Waals surface area (Å²) in [6.07, 6.45) is 0. The normalized spacial score (nSPS) is 10.8. The van der Waals surface area contributed by atoms with Crippen LogP contribution in [-0.2, 0) is 6.54 Å². The number of hydrogen-bond acceptors (Lipinski definition) is 1. The standard InChI is InChI=1S/C9H9ClNO/c1-2-11-7-5-3-4-6-8(7)12-9(11)10/h3-6H,2H2,1H3/q+1. The highest BCUT2D eigenvalue weighted by Gasteiger charge is 2.17. The summed E-state index contributed by atoms with van der Waals surface area (Å²) in [5, 5.41) is 0.443. The third-order valence-electron chi connectivity index (χ3n) is 1.88. The van der Waals surface area contributed by atoms with Crippen molar-refractivity contribution in [3.63, 3.8) is 0 Å². The second-order valence-corrected chi connectivity index (χ2v) is 2.89. The van der Waals surface area contributed by atoms with Gasteiger partial charge in [0.1, 0.15) is 0 Å². The topological polar surface area (TPSA) is 17.0 Å². The maximum Gasteiger partial charge on any atom is 0.450 e. The van der Waals surface area contributed by atoms with Crippen LogP contribution in [0.4, 0.5) is 0 Å². The van der Waals surface area contributed by atoms with Gasteiger partial charge in [0.05, 0.1) is 0 Å². The van der Waals surface area contributed by atoms with Crippen molar-refractivity contribution in [1.82, 2.24) is 0 Å². The van der Waals surface area contributed by atoms with E-state index in [4.69, 9.17) is 16.0 Å². The van der Waals surface area contributed by atoms with Gasteiger partial charge in [0.15, 0.2) is 6.54 Å². The molecule has 2 nitrogen and oxygen atoms in total. The summed E-state index contributed by atoms with van der Waals surface area (Å²) in [6.45, 7) is 2.86. The molecule has 1 heterocycles. The van der Waals surface area contributed by atoms with Crippen LogP contribution in [0.25, 0.3) is 11.1 Å². The van der Waals surface area contributed by atoms with Gasteiger partial charge < -0.3 is 4.42 Å². The Hall–Kier alpha value is -1.02.